The summed E-state index contributed by atoms with van der Waals surface area (Å²) in [6, 6.07) is 2.35. The summed E-state index contributed by atoms with van der Waals surface area (Å²) in [6.45, 7) is 3.30. The van der Waals surface area contributed by atoms with Crippen LogP contribution in [0.3, 0.4) is 0 Å². The third kappa shape index (κ3) is 1.94. The van der Waals surface area contributed by atoms with Gasteiger partial charge in [0.25, 0.3) is 0 Å². The number of rotatable bonds is 3. The normalized spacial score (nSPS) is 41.5. The van der Waals surface area contributed by atoms with E-state index < -0.39 is 0 Å². The fraction of sp³-hybridized carbons (Fsp3) is 0.750. The molecule has 4 fully saturated rings. The number of hydrogen-bond acceptors (Lipinski definition) is 2. The lowest BCUT2D eigenvalue weighted by molar-refractivity contribution is -0.0204. The summed E-state index contributed by atoms with van der Waals surface area (Å²) in [5, 5.41) is 6.24. The number of thiophene rings is 1. The summed E-state index contributed by atoms with van der Waals surface area (Å²) < 4.78 is 0. The Balaban J connectivity index is 1.47. The smallest absolute Gasteiger partial charge is 0.0304 e. The highest BCUT2D eigenvalue weighted by Crippen LogP contribution is 2.55. The molecule has 0 radical (unpaired) electrons. The summed E-state index contributed by atoms with van der Waals surface area (Å²) in [5.74, 6) is 3.15. The van der Waals surface area contributed by atoms with E-state index in [9.17, 15) is 0 Å². The van der Waals surface area contributed by atoms with Crippen LogP contribution in [0.2, 0.25) is 0 Å². The van der Waals surface area contributed by atoms with E-state index >= 15 is 0 Å². The molecule has 4 bridgehead atoms. The second-order valence-corrected chi connectivity index (χ2v) is 8.14. The fourth-order valence-electron chi connectivity index (χ4n) is 5.19. The maximum Gasteiger partial charge on any atom is 0.0304 e. The Morgan fingerprint density at radius 1 is 1.17 bits per heavy atom. The SMILES string of the molecule is Cc1csc(CNC23CC4CC(CC(C4)C2)C3)c1. The zero-order valence-corrected chi connectivity index (χ0v) is 12.1. The summed E-state index contributed by atoms with van der Waals surface area (Å²) in [4.78, 5) is 1.52. The molecule has 0 amide bonds. The van der Waals surface area contributed by atoms with Gasteiger partial charge >= 0.3 is 0 Å². The van der Waals surface area contributed by atoms with Crippen molar-refractivity contribution in [2.24, 2.45) is 17.8 Å². The van der Waals surface area contributed by atoms with Crippen molar-refractivity contribution in [1.29, 1.82) is 0 Å². The highest BCUT2D eigenvalue weighted by atomic mass is 32.1. The molecule has 1 aromatic heterocycles. The Labute approximate surface area is 114 Å². The largest absolute Gasteiger partial charge is 0.306 e. The van der Waals surface area contributed by atoms with Crippen LogP contribution in [-0.4, -0.2) is 5.54 Å². The third-order valence-electron chi connectivity index (χ3n) is 5.46. The summed E-state index contributed by atoms with van der Waals surface area (Å²) >= 11 is 1.92. The maximum absolute atomic E-state index is 3.97. The van der Waals surface area contributed by atoms with Crippen LogP contribution >= 0.6 is 11.3 Å². The number of nitrogens with one attached hydrogen (secondary N) is 1. The predicted molar refractivity (Wildman–Crippen MR) is 76.8 cm³/mol. The van der Waals surface area contributed by atoms with Gasteiger partial charge in [-0.2, -0.15) is 0 Å². The van der Waals surface area contributed by atoms with E-state index in [4.69, 9.17) is 0 Å². The van der Waals surface area contributed by atoms with E-state index in [1.807, 2.05) is 11.3 Å². The Bertz CT molecular complexity index is 412. The van der Waals surface area contributed by atoms with Gasteiger partial charge in [0.2, 0.25) is 0 Å². The van der Waals surface area contributed by atoms with E-state index in [-0.39, 0.29) is 0 Å². The zero-order valence-electron chi connectivity index (χ0n) is 11.2. The summed E-state index contributed by atoms with van der Waals surface area (Å²) in [5.41, 5.74) is 1.94. The van der Waals surface area contributed by atoms with E-state index in [1.165, 1.54) is 49.0 Å². The molecule has 18 heavy (non-hydrogen) atoms. The summed E-state index contributed by atoms with van der Waals surface area (Å²) in [7, 11) is 0. The predicted octanol–water partition coefficient (Wildman–Crippen LogP) is 4.11. The molecule has 1 aromatic rings. The van der Waals surface area contributed by atoms with Crippen LogP contribution in [0, 0.1) is 24.7 Å². The Morgan fingerprint density at radius 2 is 1.78 bits per heavy atom. The minimum atomic E-state index is 0.520. The second-order valence-electron chi connectivity index (χ2n) is 7.14. The van der Waals surface area contributed by atoms with Crippen molar-refractivity contribution < 1.29 is 0 Å². The molecule has 0 aromatic carbocycles. The van der Waals surface area contributed by atoms with E-state index in [1.54, 1.807) is 0 Å². The van der Waals surface area contributed by atoms with Crippen LogP contribution in [0.25, 0.3) is 0 Å². The van der Waals surface area contributed by atoms with Gasteiger partial charge < -0.3 is 5.32 Å². The lowest BCUT2D eigenvalue weighted by atomic mass is 9.53. The zero-order chi connectivity index (χ0) is 12.2. The quantitative estimate of drug-likeness (QED) is 0.863. The Kier molecular flexibility index (Phi) is 2.60. The highest BCUT2D eigenvalue weighted by molar-refractivity contribution is 7.10. The molecule has 0 saturated heterocycles. The van der Waals surface area contributed by atoms with Gasteiger partial charge in [0.05, 0.1) is 0 Å². The molecule has 4 aliphatic rings. The first-order valence-electron chi connectivity index (χ1n) is 7.50. The average molecular weight is 261 g/mol. The van der Waals surface area contributed by atoms with Gasteiger partial charge in [0.1, 0.15) is 0 Å². The van der Waals surface area contributed by atoms with Gasteiger partial charge in [-0.25, -0.2) is 0 Å². The molecule has 5 rings (SSSR count). The van der Waals surface area contributed by atoms with Crippen molar-refractivity contribution in [3.8, 4) is 0 Å². The maximum atomic E-state index is 3.97. The number of aryl methyl sites for hydroxylation is 1. The second kappa shape index (κ2) is 4.08. The highest BCUT2D eigenvalue weighted by Gasteiger charge is 2.50. The van der Waals surface area contributed by atoms with Crippen LogP contribution in [0.5, 0.6) is 0 Å². The molecule has 4 saturated carbocycles. The molecular weight excluding hydrogens is 238 g/mol. The van der Waals surface area contributed by atoms with Crippen LogP contribution in [0.4, 0.5) is 0 Å². The molecule has 1 N–H and O–H groups in total. The van der Waals surface area contributed by atoms with E-state index in [0.717, 1.165) is 24.3 Å². The van der Waals surface area contributed by atoms with Crippen LogP contribution in [0.1, 0.15) is 49.0 Å². The van der Waals surface area contributed by atoms with Crippen molar-refractivity contribution in [2.45, 2.75) is 57.5 Å². The third-order valence-corrected chi connectivity index (χ3v) is 6.52. The molecule has 4 aliphatic carbocycles. The molecule has 2 heteroatoms. The van der Waals surface area contributed by atoms with Crippen LogP contribution in [-0.2, 0) is 6.54 Å². The fourth-order valence-corrected chi connectivity index (χ4v) is 6.00. The van der Waals surface area contributed by atoms with Crippen molar-refractivity contribution in [3.05, 3.63) is 21.9 Å². The molecule has 0 atom stereocenters. The first-order valence-corrected chi connectivity index (χ1v) is 8.38. The number of hydrogen-bond donors (Lipinski definition) is 1. The lowest BCUT2D eigenvalue weighted by Crippen LogP contribution is -2.58. The summed E-state index contributed by atoms with van der Waals surface area (Å²) in [6.07, 6.45) is 9.01. The molecular formula is C16H23NS. The minimum Gasteiger partial charge on any atom is -0.306 e. The van der Waals surface area contributed by atoms with Gasteiger partial charge in [0, 0.05) is 17.0 Å². The van der Waals surface area contributed by atoms with Crippen molar-refractivity contribution >= 4 is 11.3 Å². The van der Waals surface area contributed by atoms with E-state index in [2.05, 4.69) is 23.7 Å². The molecule has 1 heterocycles. The molecule has 0 spiro atoms. The molecule has 98 valence electrons. The van der Waals surface area contributed by atoms with Crippen molar-refractivity contribution in [3.63, 3.8) is 0 Å². The lowest BCUT2D eigenvalue weighted by Gasteiger charge is -2.57. The van der Waals surface area contributed by atoms with Crippen LogP contribution in [0.15, 0.2) is 11.4 Å². The monoisotopic (exact) mass is 261 g/mol. The average Bonchev–Trinajstić information content (AvgIpc) is 2.71. The van der Waals surface area contributed by atoms with Gasteiger partial charge in [-0.3, -0.25) is 0 Å². The van der Waals surface area contributed by atoms with Gasteiger partial charge in [-0.1, -0.05) is 0 Å². The van der Waals surface area contributed by atoms with Crippen LogP contribution < -0.4 is 5.32 Å². The Hall–Kier alpha value is -0.340. The van der Waals surface area contributed by atoms with Gasteiger partial charge in [-0.05, 0) is 80.2 Å². The minimum absolute atomic E-state index is 0.520. The molecule has 0 aliphatic heterocycles. The topological polar surface area (TPSA) is 12.0 Å². The standard InChI is InChI=1S/C16H23NS/c1-11-2-15(18-10-11)9-17-16-6-12-3-13(7-16)5-14(4-12)8-16/h2,10,12-14,17H,3-9H2,1H3. The van der Waals surface area contributed by atoms with Crippen molar-refractivity contribution in [1.82, 2.24) is 5.32 Å². The van der Waals surface area contributed by atoms with Crippen molar-refractivity contribution in [2.75, 3.05) is 0 Å². The first-order chi connectivity index (χ1) is 8.71. The molecule has 0 unspecified atom stereocenters. The van der Waals surface area contributed by atoms with E-state index in [0.29, 0.717) is 5.54 Å². The van der Waals surface area contributed by atoms with Gasteiger partial charge in [-0.15, -0.1) is 11.3 Å². The van der Waals surface area contributed by atoms with Gasteiger partial charge in [0.15, 0.2) is 0 Å². The Morgan fingerprint density at radius 3 is 2.28 bits per heavy atom. The first kappa shape index (κ1) is 11.5. The molecule has 1 nitrogen and oxygen atoms in total.